The molecule has 1 spiro atoms. The van der Waals surface area contributed by atoms with Crippen LogP contribution in [0.25, 0.3) is 0 Å². The van der Waals surface area contributed by atoms with Crippen LogP contribution in [-0.4, -0.2) is 53.7 Å². The number of rotatable bonds is 5. The molecule has 158 valence electrons. The van der Waals surface area contributed by atoms with Gasteiger partial charge in [-0.3, -0.25) is 9.59 Å². The van der Waals surface area contributed by atoms with E-state index in [1.54, 1.807) is 11.9 Å². The molecule has 1 atom stereocenters. The van der Waals surface area contributed by atoms with E-state index >= 15 is 0 Å². The SMILES string of the molecule is CN1C(=O)C2(CCN(CC(Cc3cc(O)ccc3F)C(=O)O)CC2)c2ccccc21. The smallest absolute Gasteiger partial charge is 0.308 e. The number of anilines is 1. The van der Waals surface area contributed by atoms with Crippen LogP contribution < -0.4 is 4.90 Å². The maximum absolute atomic E-state index is 14.0. The van der Waals surface area contributed by atoms with Crippen molar-refractivity contribution in [1.29, 1.82) is 0 Å². The number of nitrogens with zero attached hydrogens (tertiary/aromatic N) is 2. The van der Waals surface area contributed by atoms with Gasteiger partial charge in [-0.2, -0.15) is 0 Å². The number of phenols is 1. The van der Waals surface area contributed by atoms with E-state index in [1.807, 2.05) is 29.2 Å². The number of phenolic OH excluding ortho intramolecular Hbond substituents is 1. The first-order valence-corrected chi connectivity index (χ1v) is 10.1. The van der Waals surface area contributed by atoms with E-state index < -0.39 is 23.1 Å². The van der Waals surface area contributed by atoms with Crippen LogP contribution in [0.5, 0.6) is 5.75 Å². The lowest BCUT2D eigenvalue weighted by Crippen LogP contribution is -2.49. The third kappa shape index (κ3) is 3.43. The Hall–Kier alpha value is -2.93. The number of carboxylic acids is 1. The molecule has 0 radical (unpaired) electrons. The molecule has 1 saturated heterocycles. The molecule has 2 aliphatic heterocycles. The summed E-state index contributed by atoms with van der Waals surface area (Å²) in [7, 11) is 1.80. The van der Waals surface area contributed by atoms with Crippen LogP contribution in [0.2, 0.25) is 0 Å². The largest absolute Gasteiger partial charge is 0.508 e. The third-order valence-electron chi connectivity index (χ3n) is 6.53. The zero-order valence-corrected chi connectivity index (χ0v) is 16.8. The number of fused-ring (bicyclic) bond motifs is 2. The van der Waals surface area contributed by atoms with Gasteiger partial charge in [0.1, 0.15) is 11.6 Å². The van der Waals surface area contributed by atoms with Crippen molar-refractivity contribution in [3.8, 4) is 5.75 Å². The van der Waals surface area contributed by atoms with Crippen LogP contribution in [0, 0.1) is 11.7 Å². The van der Waals surface area contributed by atoms with Crippen LogP contribution in [0.3, 0.4) is 0 Å². The molecular weight excluding hydrogens is 387 g/mol. The van der Waals surface area contributed by atoms with Crippen molar-refractivity contribution in [2.75, 3.05) is 31.6 Å². The molecular formula is C23H25FN2O4. The number of carbonyl (C=O) groups excluding carboxylic acids is 1. The van der Waals surface area contributed by atoms with Gasteiger partial charge in [-0.25, -0.2) is 4.39 Å². The number of amides is 1. The molecule has 2 aliphatic rings. The number of carboxylic acid groups (broad SMARTS) is 1. The number of para-hydroxylation sites is 1. The zero-order valence-electron chi connectivity index (χ0n) is 16.8. The quantitative estimate of drug-likeness (QED) is 0.789. The number of piperidine rings is 1. The number of hydrogen-bond acceptors (Lipinski definition) is 4. The maximum Gasteiger partial charge on any atom is 0.308 e. The third-order valence-corrected chi connectivity index (χ3v) is 6.53. The Morgan fingerprint density at radius 3 is 2.60 bits per heavy atom. The average Bonchev–Trinajstić information content (AvgIpc) is 2.94. The van der Waals surface area contributed by atoms with Crippen LogP contribution in [-0.2, 0) is 21.4 Å². The standard InChI is InChI=1S/C23H25FN2O4/c1-25-20-5-3-2-4-18(20)23(22(25)30)8-10-26(11-9-23)14-16(21(28)29)12-15-13-17(27)6-7-19(15)24/h2-7,13,16,27H,8-12,14H2,1H3,(H,28,29). The number of carbonyl (C=O) groups is 2. The Morgan fingerprint density at radius 2 is 1.90 bits per heavy atom. The molecule has 0 bridgehead atoms. The minimum Gasteiger partial charge on any atom is -0.508 e. The molecule has 6 nitrogen and oxygen atoms in total. The molecule has 2 heterocycles. The molecule has 1 amide bonds. The van der Waals surface area contributed by atoms with E-state index in [1.165, 1.54) is 12.1 Å². The van der Waals surface area contributed by atoms with E-state index in [0.717, 1.165) is 17.3 Å². The van der Waals surface area contributed by atoms with E-state index in [4.69, 9.17) is 0 Å². The predicted octanol–water partition coefficient (Wildman–Crippen LogP) is 2.78. The van der Waals surface area contributed by atoms with Crippen molar-refractivity contribution in [1.82, 2.24) is 4.90 Å². The number of benzene rings is 2. The molecule has 2 aromatic rings. The summed E-state index contributed by atoms with van der Waals surface area (Å²) in [6.45, 7) is 1.46. The first-order valence-electron chi connectivity index (χ1n) is 10.1. The summed E-state index contributed by atoms with van der Waals surface area (Å²) < 4.78 is 14.0. The van der Waals surface area contributed by atoms with E-state index in [2.05, 4.69) is 0 Å². The van der Waals surface area contributed by atoms with Gasteiger partial charge in [0, 0.05) is 19.3 Å². The maximum atomic E-state index is 14.0. The highest BCUT2D eigenvalue weighted by molar-refractivity contribution is 6.07. The molecule has 7 heteroatoms. The highest BCUT2D eigenvalue weighted by Gasteiger charge is 2.50. The Balaban J connectivity index is 1.47. The number of aliphatic carboxylic acids is 1. The second-order valence-corrected chi connectivity index (χ2v) is 8.28. The van der Waals surface area contributed by atoms with Crippen molar-refractivity contribution in [3.05, 3.63) is 59.4 Å². The van der Waals surface area contributed by atoms with Crippen molar-refractivity contribution >= 4 is 17.6 Å². The summed E-state index contributed by atoms with van der Waals surface area (Å²) in [5.41, 5.74) is 1.64. The van der Waals surface area contributed by atoms with Gasteiger partial charge in [0.25, 0.3) is 0 Å². The molecule has 2 N–H and O–H groups in total. The monoisotopic (exact) mass is 412 g/mol. The van der Waals surface area contributed by atoms with Gasteiger partial charge in [-0.1, -0.05) is 18.2 Å². The second kappa shape index (κ2) is 7.72. The number of aromatic hydroxyl groups is 1. The molecule has 0 saturated carbocycles. The lowest BCUT2D eigenvalue weighted by atomic mass is 9.73. The molecule has 2 aromatic carbocycles. The fourth-order valence-corrected chi connectivity index (χ4v) is 4.84. The van der Waals surface area contributed by atoms with E-state index in [9.17, 15) is 24.2 Å². The molecule has 0 aromatic heterocycles. The predicted molar refractivity (Wildman–Crippen MR) is 110 cm³/mol. The van der Waals surface area contributed by atoms with Crippen LogP contribution in [0.4, 0.5) is 10.1 Å². The van der Waals surface area contributed by atoms with Gasteiger partial charge in [0.05, 0.1) is 11.3 Å². The van der Waals surface area contributed by atoms with Crippen molar-refractivity contribution in [3.63, 3.8) is 0 Å². The fraction of sp³-hybridized carbons (Fsp3) is 0.391. The molecule has 4 rings (SSSR count). The zero-order chi connectivity index (χ0) is 21.5. The van der Waals surface area contributed by atoms with Gasteiger partial charge in [0.2, 0.25) is 5.91 Å². The molecule has 30 heavy (non-hydrogen) atoms. The number of likely N-dealkylation sites (tertiary alicyclic amines) is 1. The minimum atomic E-state index is -1.000. The fourth-order valence-electron chi connectivity index (χ4n) is 4.84. The normalized spacial score (nSPS) is 19.1. The summed E-state index contributed by atoms with van der Waals surface area (Å²) in [5, 5.41) is 19.3. The highest BCUT2D eigenvalue weighted by atomic mass is 19.1. The average molecular weight is 412 g/mol. The number of hydrogen-bond donors (Lipinski definition) is 2. The highest BCUT2D eigenvalue weighted by Crippen LogP contribution is 2.47. The second-order valence-electron chi connectivity index (χ2n) is 8.28. The Kier molecular flexibility index (Phi) is 5.24. The summed E-state index contributed by atoms with van der Waals surface area (Å²) in [6, 6.07) is 11.5. The van der Waals surface area contributed by atoms with E-state index in [0.29, 0.717) is 25.9 Å². The molecule has 1 fully saturated rings. The van der Waals surface area contributed by atoms with Crippen molar-refractivity contribution < 1.29 is 24.2 Å². The Labute approximate surface area is 174 Å². The Bertz CT molecular complexity index is 985. The summed E-state index contributed by atoms with van der Waals surface area (Å²) in [4.78, 5) is 28.6. The van der Waals surface area contributed by atoms with E-state index in [-0.39, 0.29) is 30.2 Å². The van der Waals surface area contributed by atoms with Gasteiger partial charge in [0.15, 0.2) is 0 Å². The van der Waals surface area contributed by atoms with Gasteiger partial charge in [-0.05, 0) is 67.7 Å². The van der Waals surface area contributed by atoms with Crippen LogP contribution in [0.15, 0.2) is 42.5 Å². The summed E-state index contributed by atoms with van der Waals surface area (Å²) in [6.07, 6.45) is 1.25. The van der Waals surface area contributed by atoms with Gasteiger partial charge in [-0.15, -0.1) is 0 Å². The lowest BCUT2D eigenvalue weighted by molar-refractivity contribution is -0.142. The Morgan fingerprint density at radius 1 is 1.20 bits per heavy atom. The molecule has 1 unspecified atom stereocenters. The van der Waals surface area contributed by atoms with Gasteiger partial charge >= 0.3 is 5.97 Å². The van der Waals surface area contributed by atoms with Crippen LogP contribution >= 0.6 is 0 Å². The first-order chi connectivity index (χ1) is 14.3. The van der Waals surface area contributed by atoms with Gasteiger partial charge < -0.3 is 20.0 Å². The first kappa shape index (κ1) is 20.3. The molecule has 0 aliphatic carbocycles. The summed E-state index contributed by atoms with van der Waals surface area (Å²) in [5.74, 6) is -2.31. The minimum absolute atomic E-state index is 0.00170. The number of halogens is 1. The van der Waals surface area contributed by atoms with Crippen LogP contribution in [0.1, 0.15) is 24.0 Å². The summed E-state index contributed by atoms with van der Waals surface area (Å²) >= 11 is 0. The number of likely N-dealkylation sites (N-methyl/N-ethyl adjacent to an activating group) is 1. The van der Waals surface area contributed by atoms with Crippen molar-refractivity contribution in [2.45, 2.75) is 24.7 Å². The lowest BCUT2D eigenvalue weighted by Gasteiger charge is -2.39. The topological polar surface area (TPSA) is 81.1 Å². The van der Waals surface area contributed by atoms with Crippen molar-refractivity contribution in [2.24, 2.45) is 5.92 Å².